The quantitative estimate of drug-likeness (QED) is 0.549. The van der Waals surface area contributed by atoms with Crippen molar-refractivity contribution in [3.8, 4) is 0 Å². The molecule has 0 aromatic carbocycles. The first-order chi connectivity index (χ1) is 8.41. The molecule has 1 aliphatic rings. The van der Waals surface area contributed by atoms with Gasteiger partial charge in [0.1, 0.15) is 12.6 Å². The molecule has 18 heavy (non-hydrogen) atoms. The molecule has 1 saturated heterocycles. The summed E-state index contributed by atoms with van der Waals surface area (Å²) < 4.78 is 0.835. The number of aliphatic hydroxyl groups excluding tert-OH is 2. The van der Waals surface area contributed by atoms with E-state index in [1.807, 2.05) is 0 Å². The summed E-state index contributed by atoms with van der Waals surface area (Å²) in [5.41, 5.74) is 0. The number of hydrogen-bond donors (Lipinski definition) is 2. The highest BCUT2D eigenvalue weighted by Crippen LogP contribution is 2.19. The van der Waals surface area contributed by atoms with Crippen molar-refractivity contribution in [2.75, 3.05) is 51.5 Å². The van der Waals surface area contributed by atoms with Crippen molar-refractivity contribution in [1.82, 2.24) is 4.90 Å². The van der Waals surface area contributed by atoms with E-state index < -0.39 is 12.2 Å². The number of piperazine rings is 1. The van der Waals surface area contributed by atoms with Crippen molar-refractivity contribution in [3.05, 3.63) is 0 Å². The predicted octanol–water partition coefficient (Wildman–Crippen LogP) is 0.337. The highest BCUT2D eigenvalue weighted by molar-refractivity contribution is 6.18. The van der Waals surface area contributed by atoms with Gasteiger partial charge >= 0.3 is 0 Å². The van der Waals surface area contributed by atoms with Crippen LogP contribution < -0.4 is 0 Å². The van der Waals surface area contributed by atoms with Crippen molar-refractivity contribution in [3.63, 3.8) is 0 Å². The second-order valence-corrected chi connectivity index (χ2v) is 6.23. The van der Waals surface area contributed by atoms with Crippen LogP contribution in [0.4, 0.5) is 0 Å². The van der Waals surface area contributed by atoms with E-state index in [2.05, 4.69) is 18.9 Å². The number of aliphatic hydroxyl groups is 2. The Hall–Kier alpha value is 0.420. The summed E-state index contributed by atoms with van der Waals surface area (Å²) in [6, 6.07) is 0.416. The molecule has 1 fully saturated rings. The van der Waals surface area contributed by atoms with Gasteiger partial charge < -0.3 is 14.7 Å². The minimum Gasteiger partial charge on any atom is -0.391 e. The summed E-state index contributed by atoms with van der Waals surface area (Å²) in [6.07, 6.45) is -0.900. The maximum atomic E-state index is 9.72. The van der Waals surface area contributed by atoms with Crippen molar-refractivity contribution < 1.29 is 14.7 Å². The maximum Gasteiger partial charge on any atom is 0.116 e. The topological polar surface area (TPSA) is 43.7 Å². The van der Waals surface area contributed by atoms with Crippen molar-refractivity contribution in [1.29, 1.82) is 0 Å². The van der Waals surface area contributed by atoms with Crippen molar-refractivity contribution in [2.45, 2.75) is 25.2 Å². The fourth-order valence-corrected chi connectivity index (χ4v) is 2.76. The van der Waals surface area contributed by atoms with E-state index in [1.165, 1.54) is 0 Å². The predicted molar refractivity (Wildman–Crippen MR) is 75.3 cm³/mol. The molecule has 1 aliphatic heterocycles. The molecule has 0 saturated carbocycles. The highest BCUT2D eigenvalue weighted by Gasteiger charge is 2.37. The van der Waals surface area contributed by atoms with Crippen LogP contribution >= 0.6 is 23.2 Å². The molecule has 0 aromatic rings. The molecule has 1 heterocycles. The fraction of sp³-hybridized carbons (Fsp3) is 1.00. The minimum absolute atomic E-state index is 0.280. The third-order valence-corrected chi connectivity index (χ3v) is 4.68. The molecule has 0 aromatic heterocycles. The van der Waals surface area contributed by atoms with Gasteiger partial charge in [-0.25, -0.2) is 0 Å². The number of alkyl halides is 2. The number of rotatable bonds is 6. The monoisotopic (exact) mass is 299 g/mol. The molecule has 2 N–H and O–H groups in total. The first kappa shape index (κ1) is 16.5. The van der Waals surface area contributed by atoms with E-state index in [4.69, 9.17) is 23.2 Å². The van der Waals surface area contributed by atoms with Gasteiger partial charge in [0, 0.05) is 19.0 Å². The number of nitrogens with zero attached hydrogens (tertiary/aromatic N) is 2. The first-order valence-corrected chi connectivity index (χ1v) is 7.53. The summed E-state index contributed by atoms with van der Waals surface area (Å²) in [5.74, 6) is 0.567. The van der Waals surface area contributed by atoms with Crippen LogP contribution in [0.1, 0.15) is 6.92 Å². The molecule has 0 bridgehead atoms. The third kappa shape index (κ3) is 4.51. The zero-order valence-corrected chi connectivity index (χ0v) is 12.7. The SMILES string of the molecule is CC1CN(CC(O)CCl)CC[N+]1(C)CC(O)CCl. The third-order valence-electron chi connectivity index (χ3n) is 3.97. The Labute approximate surface area is 120 Å². The Morgan fingerprint density at radius 3 is 2.39 bits per heavy atom. The van der Waals surface area contributed by atoms with Crippen molar-refractivity contribution in [2.24, 2.45) is 0 Å². The summed E-state index contributed by atoms with van der Waals surface area (Å²) in [5, 5.41) is 19.3. The van der Waals surface area contributed by atoms with E-state index in [-0.39, 0.29) is 11.8 Å². The van der Waals surface area contributed by atoms with E-state index in [9.17, 15) is 10.2 Å². The van der Waals surface area contributed by atoms with Gasteiger partial charge in [-0.15, -0.1) is 23.2 Å². The van der Waals surface area contributed by atoms with Crippen LogP contribution in [0.2, 0.25) is 0 Å². The van der Waals surface area contributed by atoms with E-state index in [1.54, 1.807) is 0 Å². The average molecular weight is 300 g/mol. The maximum absolute atomic E-state index is 9.72. The van der Waals surface area contributed by atoms with Crippen LogP contribution in [-0.2, 0) is 0 Å². The average Bonchev–Trinajstić information content (AvgIpc) is 2.34. The number of quaternary nitrogens is 1. The molecular formula is C12H25Cl2N2O2+. The fourth-order valence-electron chi connectivity index (χ4n) is 2.57. The summed E-state index contributed by atoms with van der Waals surface area (Å²) in [7, 11) is 2.16. The Balaban J connectivity index is 2.49. The van der Waals surface area contributed by atoms with Crippen LogP contribution in [0.25, 0.3) is 0 Å². The van der Waals surface area contributed by atoms with Crippen LogP contribution in [0.3, 0.4) is 0 Å². The molecule has 0 aliphatic carbocycles. The zero-order valence-electron chi connectivity index (χ0n) is 11.2. The summed E-state index contributed by atoms with van der Waals surface area (Å²) in [4.78, 5) is 2.24. The Bertz CT molecular complexity index is 258. The number of likely N-dealkylation sites (N-methyl/N-ethyl adjacent to an activating group) is 1. The van der Waals surface area contributed by atoms with Gasteiger partial charge in [0.05, 0.1) is 38.2 Å². The van der Waals surface area contributed by atoms with Crippen LogP contribution in [0, 0.1) is 0 Å². The first-order valence-electron chi connectivity index (χ1n) is 6.46. The second-order valence-electron chi connectivity index (χ2n) is 5.61. The second kappa shape index (κ2) is 7.27. The Kier molecular flexibility index (Phi) is 6.65. The van der Waals surface area contributed by atoms with Crippen LogP contribution in [0.15, 0.2) is 0 Å². The van der Waals surface area contributed by atoms with Gasteiger partial charge in [-0.2, -0.15) is 0 Å². The van der Waals surface area contributed by atoms with Gasteiger partial charge in [-0.3, -0.25) is 4.90 Å². The summed E-state index contributed by atoms with van der Waals surface area (Å²) >= 11 is 11.3. The lowest BCUT2D eigenvalue weighted by atomic mass is 10.1. The smallest absolute Gasteiger partial charge is 0.116 e. The Morgan fingerprint density at radius 2 is 1.89 bits per heavy atom. The molecule has 4 nitrogen and oxygen atoms in total. The van der Waals surface area contributed by atoms with Gasteiger partial charge in [0.15, 0.2) is 0 Å². The van der Waals surface area contributed by atoms with E-state index in [0.29, 0.717) is 19.1 Å². The molecule has 4 unspecified atom stereocenters. The van der Waals surface area contributed by atoms with Gasteiger partial charge in [0.25, 0.3) is 0 Å². The largest absolute Gasteiger partial charge is 0.391 e. The van der Waals surface area contributed by atoms with Gasteiger partial charge in [0.2, 0.25) is 0 Å². The molecular weight excluding hydrogens is 275 g/mol. The number of β-amino-alcohol motifs (C(OH)–C–C–N with tert-alkyl or cyclic N) is 1. The Morgan fingerprint density at radius 1 is 1.28 bits per heavy atom. The van der Waals surface area contributed by atoms with Gasteiger partial charge in [-0.1, -0.05) is 0 Å². The molecule has 0 spiro atoms. The van der Waals surface area contributed by atoms with Crippen molar-refractivity contribution >= 4 is 23.2 Å². The number of hydrogen-bond acceptors (Lipinski definition) is 3. The molecule has 108 valence electrons. The summed E-state index contributed by atoms with van der Waals surface area (Å²) in [6.45, 7) is 6.30. The highest BCUT2D eigenvalue weighted by atomic mass is 35.5. The van der Waals surface area contributed by atoms with E-state index in [0.717, 1.165) is 24.1 Å². The molecule has 0 radical (unpaired) electrons. The van der Waals surface area contributed by atoms with Crippen LogP contribution in [0.5, 0.6) is 0 Å². The lowest BCUT2D eigenvalue weighted by molar-refractivity contribution is -0.938. The van der Waals surface area contributed by atoms with E-state index >= 15 is 0 Å². The molecule has 1 rings (SSSR count). The molecule has 6 heteroatoms. The van der Waals surface area contributed by atoms with Crippen LogP contribution in [-0.4, -0.2) is 89.4 Å². The molecule has 0 amide bonds. The lowest BCUT2D eigenvalue weighted by Gasteiger charge is -2.48. The zero-order chi connectivity index (χ0) is 13.8. The molecule has 4 atom stereocenters. The lowest BCUT2D eigenvalue weighted by Crippen LogP contribution is -2.65. The normalized spacial score (nSPS) is 33.3. The minimum atomic E-state index is -0.454. The number of halogens is 2. The standard InChI is InChI=1S/C12H25Cl2N2O2/c1-10-7-15(8-11(17)5-13)3-4-16(10,2)9-12(18)6-14/h10-12,17-18H,3-9H2,1-2H3/q+1. The van der Waals surface area contributed by atoms with Gasteiger partial charge in [-0.05, 0) is 6.92 Å².